The molecule has 0 heterocycles. The Kier molecular flexibility index (Phi) is 11.5. The lowest BCUT2D eigenvalue weighted by Gasteiger charge is -2.17. The fraction of sp³-hybridized carbons (Fsp3) is 0.357. The molecule has 0 aromatic heterocycles. The van der Waals surface area contributed by atoms with Gasteiger partial charge in [0, 0.05) is 6.04 Å². The lowest BCUT2D eigenvalue weighted by molar-refractivity contribution is 0.107. The lowest BCUT2D eigenvalue weighted by atomic mass is 10.1. The van der Waals surface area contributed by atoms with Crippen molar-refractivity contribution >= 4 is 16.1 Å². The maximum atomic E-state index is 13.1. The van der Waals surface area contributed by atoms with E-state index < -0.39 is 10.0 Å². The van der Waals surface area contributed by atoms with E-state index >= 15 is 0 Å². The predicted molar refractivity (Wildman–Crippen MR) is 137 cm³/mol. The normalized spacial score (nSPS) is 12.2. The number of ether oxygens (including phenoxy) is 1. The SMILES string of the molecule is C=CCN(C#CC(CCCCCC)OC/C=C/c1ccccc1)S(=O)(=O)c1ccc(C)cc1. The van der Waals surface area contributed by atoms with Gasteiger partial charge < -0.3 is 4.74 Å². The molecule has 0 spiro atoms. The molecule has 4 nitrogen and oxygen atoms in total. The second kappa shape index (κ2) is 14.4. The summed E-state index contributed by atoms with van der Waals surface area (Å²) in [7, 11) is -3.75. The van der Waals surface area contributed by atoms with Gasteiger partial charge in [0.2, 0.25) is 0 Å². The number of aryl methyl sites for hydroxylation is 1. The van der Waals surface area contributed by atoms with Gasteiger partial charge in [-0.3, -0.25) is 0 Å². The van der Waals surface area contributed by atoms with Gasteiger partial charge in [-0.05, 0) is 43.4 Å². The van der Waals surface area contributed by atoms with Crippen molar-refractivity contribution in [2.75, 3.05) is 13.2 Å². The number of hydrogen-bond acceptors (Lipinski definition) is 3. The van der Waals surface area contributed by atoms with Gasteiger partial charge in [0.25, 0.3) is 10.0 Å². The van der Waals surface area contributed by atoms with Crippen LogP contribution in [-0.4, -0.2) is 32.0 Å². The minimum Gasteiger partial charge on any atom is -0.361 e. The average molecular weight is 466 g/mol. The molecule has 0 aliphatic heterocycles. The van der Waals surface area contributed by atoms with Gasteiger partial charge in [0.15, 0.2) is 0 Å². The molecule has 1 unspecified atom stereocenters. The van der Waals surface area contributed by atoms with Gasteiger partial charge >= 0.3 is 0 Å². The van der Waals surface area contributed by atoms with Crippen molar-refractivity contribution in [3.05, 3.63) is 84.5 Å². The first kappa shape index (κ1) is 26.4. The second-order valence-corrected chi connectivity index (χ2v) is 9.74. The third-order valence-corrected chi connectivity index (χ3v) is 6.77. The minimum atomic E-state index is -3.75. The molecule has 5 heteroatoms. The van der Waals surface area contributed by atoms with Crippen LogP contribution in [0.3, 0.4) is 0 Å². The molecule has 2 aromatic carbocycles. The number of unbranched alkanes of at least 4 members (excludes halogenated alkanes) is 3. The Hall–Kier alpha value is -2.81. The van der Waals surface area contributed by atoms with E-state index in [1.54, 1.807) is 30.3 Å². The Balaban J connectivity index is 2.13. The first-order chi connectivity index (χ1) is 16.0. The van der Waals surface area contributed by atoms with Crippen LogP contribution >= 0.6 is 0 Å². The van der Waals surface area contributed by atoms with E-state index in [2.05, 4.69) is 25.5 Å². The molecule has 0 fully saturated rings. The van der Waals surface area contributed by atoms with Gasteiger partial charge in [-0.1, -0.05) is 92.4 Å². The highest BCUT2D eigenvalue weighted by Crippen LogP contribution is 2.16. The molecular formula is C28H35NO3S. The summed E-state index contributed by atoms with van der Waals surface area (Å²) in [5.41, 5.74) is 2.10. The molecule has 0 saturated heterocycles. The van der Waals surface area contributed by atoms with E-state index in [9.17, 15) is 8.42 Å². The molecule has 2 aromatic rings. The smallest absolute Gasteiger partial charge is 0.271 e. The van der Waals surface area contributed by atoms with Crippen LogP contribution in [0.15, 0.2) is 78.2 Å². The van der Waals surface area contributed by atoms with Gasteiger partial charge in [-0.2, -0.15) is 0 Å². The van der Waals surface area contributed by atoms with Crippen molar-refractivity contribution < 1.29 is 13.2 Å². The van der Waals surface area contributed by atoms with Crippen molar-refractivity contribution in [3.63, 3.8) is 0 Å². The third kappa shape index (κ3) is 9.29. The van der Waals surface area contributed by atoms with Gasteiger partial charge in [0.1, 0.15) is 6.10 Å². The first-order valence-corrected chi connectivity index (χ1v) is 13.0. The maximum absolute atomic E-state index is 13.1. The monoisotopic (exact) mass is 465 g/mol. The van der Waals surface area contributed by atoms with Crippen LogP contribution in [0.1, 0.15) is 50.2 Å². The summed E-state index contributed by atoms with van der Waals surface area (Å²) in [5, 5.41) is 0. The molecule has 0 saturated carbocycles. The number of sulfonamides is 1. The Morgan fingerprint density at radius 3 is 2.45 bits per heavy atom. The summed E-state index contributed by atoms with van der Waals surface area (Å²) >= 11 is 0. The molecule has 0 aliphatic rings. The fourth-order valence-electron chi connectivity index (χ4n) is 3.18. The van der Waals surface area contributed by atoms with Crippen molar-refractivity contribution in [1.29, 1.82) is 0 Å². The van der Waals surface area contributed by atoms with Crippen molar-refractivity contribution in [2.45, 2.75) is 57.0 Å². The molecule has 0 radical (unpaired) electrons. The number of rotatable bonds is 13. The molecule has 0 N–H and O–H groups in total. The van der Waals surface area contributed by atoms with Crippen LogP contribution in [-0.2, 0) is 14.8 Å². The maximum Gasteiger partial charge on any atom is 0.271 e. The summed E-state index contributed by atoms with van der Waals surface area (Å²) < 4.78 is 33.3. The van der Waals surface area contributed by atoms with Gasteiger partial charge in [-0.25, -0.2) is 12.7 Å². The van der Waals surface area contributed by atoms with Gasteiger partial charge in [0.05, 0.1) is 18.0 Å². The third-order valence-electron chi connectivity index (χ3n) is 5.08. The fourth-order valence-corrected chi connectivity index (χ4v) is 4.39. The van der Waals surface area contributed by atoms with E-state index in [0.717, 1.165) is 41.1 Å². The Morgan fingerprint density at radius 1 is 1.06 bits per heavy atom. The highest BCUT2D eigenvalue weighted by Gasteiger charge is 2.21. The van der Waals surface area contributed by atoms with E-state index in [1.165, 1.54) is 6.42 Å². The zero-order chi connectivity index (χ0) is 23.9. The number of nitrogens with zero attached hydrogens (tertiary/aromatic N) is 1. The Labute approximate surface area is 200 Å². The summed E-state index contributed by atoms with van der Waals surface area (Å²) in [6.45, 7) is 8.31. The molecular weight excluding hydrogens is 430 g/mol. The van der Waals surface area contributed by atoms with E-state index in [0.29, 0.717) is 6.61 Å². The van der Waals surface area contributed by atoms with Crippen LogP contribution in [0.2, 0.25) is 0 Å². The highest BCUT2D eigenvalue weighted by atomic mass is 32.2. The summed E-state index contributed by atoms with van der Waals surface area (Å²) in [6, 6.07) is 19.7. The van der Waals surface area contributed by atoms with E-state index in [1.807, 2.05) is 49.4 Å². The molecule has 1 atom stereocenters. The average Bonchev–Trinajstić information content (AvgIpc) is 2.82. The lowest BCUT2D eigenvalue weighted by Crippen LogP contribution is -2.27. The Morgan fingerprint density at radius 2 is 1.79 bits per heavy atom. The number of benzene rings is 2. The van der Waals surface area contributed by atoms with Crippen LogP contribution in [0, 0.1) is 18.9 Å². The largest absolute Gasteiger partial charge is 0.361 e. The predicted octanol–water partition coefficient (Wildman–Crippen LogP) is 6.20. The first-order valence-electron chi connectivity index (χ1n) is 11.5. The van der Waals surface area contributed by atoms with Crippen molar-refractivity contribution in [3.8, 4) is 12.0 Å². The molecule has 0 aliphatic carbocycles. The molecule has 2 rings (SSSR count). The van der Waals surface area contributed by atoms with Crippen molar-refractivity contribution in [1.82, 2.24) is 4.31 Å². The summed E-state index contributed by atoms with van der Waals surface area (Å²) in [5.74, 6) is 3.06. The molecule has 176 valence electrons. The van der Waals surface area contributed by atoms with Crippen molar-refractivity contribution in [2.24, 2.45) is 0 Å². The molecule has 0 bridgehead atoms. The standard InChI is InChI=1S/C28H35NO3S/c1-4-6-7-11-16-27(32-24-12-15-26-13-9-8-10-14-26)21-23-29(22-5-2)33(30,31)28-19-17-25(3)18-20-28/h5,8-10,12-15,17-20,27H,2,4,6-7,11,16,22,24H2,1,3H3/b15-12+. The zero-order valence-corrected chi connectivity index (χ0v) is 20.6. The van der Waals surface area contributed by atoms with Gasteiger partial charge in [-0.15, -0.1) is 6.58 Å². The van der Waals surface area contributed by atoms with E-state index in [4.69, 9.17) is 4.74 Å². The highest BCUT2D eigenvalue weighted by molar-refractivity contribution is 7.89. The van der Waals surface area contributed by atoms with Crippen LogP contribution in [0.25, 0.3) is 6.08 Å². The molecule has 33 heavy (non-hydrogen) atoms. The Bertz CT molecular complexity index is 1030. The number of hydrogen-bond donors (Lipinski definition) is 0. The summed E-state index contributed by atoms with van der Waals surface area (Å²) in [4.78, 5) is 0.218. The molecule has 0 amide bonds. The van der Waals surface area contributed by atoms with E-state index in [-0.39, 0.29) is 17.5 Å². The van der Waals surface area contributed by atoms with Crippen LogP contribution < -0.4 is 0 Å². The zero-order valence-electron chi connectivity index (χ0n) is 19.7. The summed E-state index contributed by atoms with van der Waals surface area (Å²) in [6.07, 6.45) is 10.3. The minimum absolute atomic E-state index is 0.111. The van der Waals surface area contributed by atoms with Crippen LogP contribution in [0.4, 0.5) is 0 Å². The topological polar surface area (TPSA) is 46.6 Å². The van der Waals surface area contributed by atoms with Crippen LogP contribution in [0.5, 0.6) is 0 Å². The quantitative estimate of drug-likeness (QED) is 0.153. The second-order valence-electron chi connectivity index (χ2n) is 7.88.